The molecule has 1 amide bonds. The van der Waals surface area contributed by atoms with E-state index in [1.165, 1.54) is 0 Å². The molecule has 0 saturated heterocycles. The molecule has 0 heterocycles. The second kappa shape index (κ2) is 6.93. The van der Waals surface area contributed by atoms with Crippen molar-refractivity contribution in [2.24, 2.45) is 5.73 Å². The summed E-state index contributed by atoms with van der Waals surface area (Å²) in [5.74, 6) is -0.199. The fraction of sp³-hybridized carbons (Fsp3) is 0.278. The van der Waals surface area contributed by atoms with Gasteiger partial charge in [-0.15, -0.1) is 0 Å². The average molecular weight is 283 g/mol. The third kappa shape index (κ3) is 3.43. The average Bonchev–Trinajstić information content (AvgIpc) is 2.48. The summed E-state index contributed by atoms with van der Waals surface area (Å²) in [4.78, 5) is 11.7. The van der Waals surface area contributed by atoms with Gasteiger partial charge in [0.05, 0.1) is 0 Å². The molecule has 2 rings (SSSR count). The fourth-order valence-corrected chi connectivity index (χ4v) is 2.59. The summed E-state index contributed by atoms with van der Waals surface area (Å²) in [5.41, 5.74) is 8.61. The number of carbonyl (C=O) groups is 1. The van der Waals surface area contributed by atoms with Crippen LogP contribution in [0.25, 0.3) is 11.1 Å². The summed E-state index contributed by atoms with van der Waals surface area (Å²) in [6.45, 7) is 2.14. The minimum Gasteiger partial charge on any atom is -0.507 e. The summed E-state index contributed by atoms with van der Waals surface area (Å²) < 4.78 is 0. The number of primary amides is 1. The van der Waals surface area contributed by atoms with Gasteiger partial charge in [-0.05, 0) is 36.1 Å². The molecule has 0 spiro atoms. The molecule has 0 saturated carbocycles. The van der Waals surface area contributed by atoms with Crippen molar-refractivity contribution in [2.75, 3.05) is 0 Å². The summed E-state index contributed by atoms with van der Waals surface area (Å²) in [7, 11) is 0. The van der Waals surface area contributed by atoms with Crippen LogP contribution in [0.5, 0.6) is 5.75 Å². The van der Waals surface area contributed by atoms with Crippen LogP contribution in [0.4, 0.5) is 0 Å². The van der Waals surface area contributed by atoms with Crippen LogP contribution in [0.1, 0.15) is 42.1 Å². The number of nitrogens with two attached hydrogens (primary N) is 1. The van der Waals surface area contributed by atoms with E-state index in [1.807, 2.05) is 24.3 Å². The molecule has 0 unspecified atom stereocenters. The number of amides is 1. The minimum absolute atomic E-state index is 0.218. The number of unbranched alkanes of at least 4 members (excludes halogenated alkanes) is 2. The Hall–Kier alpha value is -2.29. The standard InChI is InChI=1S/C18H21NO2/c1-2-3-4-8-14-13(10-7-11-16(14)18(19)21)15-9-5-6-12-17(15)20/h5-7,9-12,20H,2-4,8H2,1H3,(H2,19,21). The number of phenols is 1. The predicted octanol–water partition coefficient (Wildman–Crippen LogP) is 3.89. The number of para-hydroxylation sites is 1. The van der Waals surface area contributed by atoms with Gasteiger partial charge in [0, 0.05) is 11.1 Å². The van der Waals surface area contributed by atoms with Crippen LogP contribution in [0.2, 0.25) is 0 Å². The molecule has 3 heteroatoms. The van der Waals surface area contributed by atoms with E-state index >= 15 is 0 Å². The zero-order chi connectivity index (χ0) is 15.2. The molecule has 0 aliphatic carbocycles. The van der Waals surface area contributed by atoms with Crippen molar-refractivity contribution in [1.29, 1.82) is 0 Å². The smallest absolute Gasteiger partial charge is 0.248 e. The molecule has 0 bridgehead atoms. The molecule has 21 heavy (non-hydrogen) atoms. The number of aromatic hydroxyl groups is 1. The third-order valence-corrected chi connectivity index (χ3v) is 3.67. The maximum atomic E-state index is 11.7. The van der Waals surface area contributed by atoms with Crippen molar-refractivity contribution in [2.45, 2.75) is 32.6 Å². The van der Waals surface area contributed by atoms with Crippen LogP contribution < -0.4 is 5.73 Å². The molecule has 3 nitrogen and oxygen atoms in total. The number of hydrogen-bond acceptors (Lipinski definition) is 2. The van der Waals surface area contributed by atoms with Crippen molar-refractivity contribution in [1.82, 2.24) is 0 Å². The summed E-state index contributed by atoms with van der Waals surface area (Å²) in [6, 6.07) is 12.7. The third-order valence-electron chi connectivity index (χ3n) is 3.67. The number of carbonyl (C=O) groups excluding carboxylic acids is 1. The van der Waals surface area contributed by atoms with Crippen LogP contribution in [0, 0.1) is 0 Å². The second-order valence-corrected chi connectivity index (χ2v) is 5.17. The Morgan fingerprint density at radius 1 is 1.05 bits per heavy atom. The molecule has 2 aromatic rings. The van der Waals surface area contributed by atoms with Gasteiger partial charge in [-0.3, -0.25) is 4.79 Å². The van der Waals surface area contributed by atoms with Crippen LogP contribution >= 0.6 is 0 Å². The lowest BCUT2D eigenvalue weighted by molar-refractivity contribution is 0.0999. The number of rotatable bonds is 6. The molecule has 0 atom stereocenters. The first kappa shape index (κ1) is 15.1. The maximum absolute atomic E-state index is 11.7. The molecular formula is C18H21NO2. The van der Waals surface area contributed by atoms with E-state index in [2.05, 4.69) is 6.92 Å². The van der Waals surface area contributed by atoms with Gasteiger partial charge in [-0.2, -0.15) is 0 Å². The highest BCUT2D eigenvalue weighted by atomic mass is 16.3. The van der Waals surface area contributed by atoms with Crippen LogP contribution in [-0.4, -0.2) is 11.0 Å². The van der Waals surface area contributed by atoms with Gasteiger partial charge < -0.3 is 10.8 Å². The predicted molar refractivity (Wildman–Crippen MR) is 85.3 cm³/mol. The highest BCUT2D eigenvalue weighted by molar-refractivity contribution is 5.96. The molecule has 0 radical (unpaired) electrons. The first-order valence-corrected chi connectivity index (χ1v) is 7.35. The summed E-state index contributed by atoms with van der Waals surface area (Å²) in [6.07, 6.45) is 4.01. The molecule has 0 fully saturated rings. The van der Waals surface area contributed by atoms with Crippen molar-refractivity contribution < 1.29 is 9.90 Å². The van der Waals surface area contributed by atoms with Crippen molar-refractivity contribution in [3.63, 3.8) is 0 Å². The molecule has 2 aromatic carbocycles. The second-order valence-electron chi connectivity index (χ2n) is 5.17. The van der Waals surface area contributed by atoms with E-state index in [9.17, 15) is 9.90 Å². The van der Waals surface area contributed by atoms with Gasteiger partial charge in [0.1, 0.15) is 5.75 Å². The molecule has 3 N–H and O–H groups in total. The first-order chi connectivity index (χ1) is 10.1. The number of phenolic OH excluding ortho intramolecular Hbond substituents is 1. The van der Waals surface area contributed by atoms with Crippen LogP contribution in [-0.2, 0) is 6.42 Å². The van der Waals surface area contributed by atoms with E-state index in [0.29, 0.717) is 5.56 Å². The van der Waals surface area contributed by atoms with Crippen molar-refractivity contribution >= 4 is 5.91 Å². The molecule has 110 valence electrons. The molecule has 0 aliphatic rings. The Bertz CT molecular complexity index is 635. The van der Waals surface area contributed by atoms with Gasteiger partial charge in [-0.1, -0.05) is 50.1 Å². The highest BCUT2D eigenvalue weighted by Gasteiger charge is 2.15. The van der Waals surface area contributed by atoms with E-state index in [-0.39, 0.29) is 5.75 Å². The number of hydrogen-bond donors (Lipinski definition) is 2. The monoisotopic (exact) mass is 283 g/mol. The molecule has 0 aromatic heterocycles. The van der Waals surface area contributed by atoms with E-state index in [4.69, 9.17) is 5.73 Å². The van der Waals surface area contributed by atoms with Gasteiger partial charge in [0.15, 0.2) is 0 Å². The van der Waals surface area contributed by atoms with E-state index in [1.54, 1.807) is 18.2 Å². The molecule has 0 aliphatic heterocycles. The number of benzene rings is 2. The maximum Gasteiger partial charge on any atom is 0.248 e. The minimum atomic E-state index is -0.418. The zero-order valence-corrected chi connectivity index (χ0v) is 12.3. The normalized spacial score (nSPS) is 10.5. The lowest BCUT2D eigenvalue weighted by Gasteiger charge is -2.14. The lowest BCUT2D eigenvalue weighted by atomic mass is 9.91. The molecular weight excluding hydrogens is 262 g/mol. The fourth-order valence-electron chi connectivity index (χ4n) is 2.59. The summed E-state index contributed by atoms with van der Waals surface area (Å²) >= 11 is 0. The first-order valence-electron chi connectivity index (χ1n) is 7.35. The lowest BCUT2D eigenvalue weighted by Crippen LogP contribution is -2.14. The Labute approximate surface area is 125 Å². The van der Waals surface area contributed by atoms with Gasteiger partial charge >= 0.3 is 0 Å². The topological polar surface area (TPSA) is 63.3 Å². The zero-order valence-electron chi connectivity index (χ0n) is 12.3. The highest BCUT2D eigenvalue weighted by Crippen LogP contribution is 2.33. The SMILES string of the molecule is CCCCCc1c(C(N)=O)cccc1-c1ccccc1O. The Morgan fingerprint density at radius 3 is 2.43 bits per heavy atom. The summed E-state index contributed by atoms with van der Waals surface area (Å²) in [5, 5.41) is 10.1. The Kier molecular flexibility index (Phi) is 4.99. The quantitative estimate of drug-likeness (QED) is 0.790. The van der Waals surface area contributed by atoms with Crippen LogP contribution in [0.15, 0.2) is 42.5 Å². The van der Waals surface area contributed by atoms with E-state index in [0.717, 1.165) is 42.4 Å². The van der Waals surface area contributed by atoms with E-state index < -0.39 is 5.91 Å². The van der Waals surface area contributed by atoms with Gasteiger partial charge in [0.25, 0.3) is 0 Å². The Balaban J connectivity index is 2.52. The van der Waals surface area contributed by atoms with Crippen LogP contribution in [0.3, 0.4) is 0 Å². The van der Waals surface area contributed by atoms with Crippen molar-refractivity contribution in [3.05, 3.63) is 53.6 Å². The largest absolute Gasteiger partial charge is 0.507 e. The van der Waals surface area contributed by atoms with Gasteiger partial charge in [-0.25, -0.2) is 0 Å². The Morgan fingerprint density at radius 2 is 1.76 bits per heavy atom. The van der Waals surface area contributed by atoms with Gasteiger partial charge in [0.2, 0.25) is 5.91 Å². The van der Waals surface area contributed by atoms with Crippen molar-refractivity contribution in [3.8, 4) is 16.9 Å².